The van der Waals surface area contributed by atoms with E-state index in [9.17, 15) is 19.7 Å². The molecule has 0 aliphatic rings. The number of benzene rings is 1. The molecule has 0 saturated carbocycles. The lowest BCUT2D eigenvalue weighted by atomic mass is 10.2. The number of ether oxygens (including phenoxy) is 1. The number of nitro groups is 1. The molecule has 0 atom stereocenters. The van der Waals surface area contributed by atoms with E-state index < -0.39 is 10.8 Å². The van der Waals surface area contributed by atoms with Gasteiger partial charge in [0.15, 0.2) is 12.4 Å². The van der Waals surface area contributed by atoms with E-state index in [1.165, 1.54) is 28.4 Å². The summed E-state index contributed by atoms with van der Waals surface area (Å²) in [4.78, 5) is 37.2. The quantitative estimate of drug-likeness (QED) is 0.523. The number of rotatable bonds is 9. The van der Waals surface area contributed by atoms with Crippen LogP contribution >= 0.6 is 11.3 Å². The first-order valence-electron chi connectivity index (χ1n) is 8.35. The number of likely N-dealkylation sites (N-methyl/N-ethyl adjacent to an activating group) is 1. The van der Waals surface area contributed by atoms with Crippen LogP contribution in [0.5, 0.6) is 5.75 Å². The lowest BCUT2D eigenvalue weighted by Gasteiger charge is -2.20. The molecule has 144 valence electrons. The summed E-state index contributed by atoms with van der Waals surface area (Å²) < 4.78 is 5.36. The van der Waals surface area contributed by atoms with Crippen LogP contribution in [-0.2, 0) is 16.1 Å². The van der Waals surface area contributed by atoms with Crippen LogP contribution in [0.1, 0.15) is 17.4 Å². The second-order valence-electron chi connectivity index (χ2n) is 5.78. The van der Waals surface area contributed by atoms with Crippen LogP contribution in [0.15, 0.2) is 35.7 Å². The fourth-order valence-electron chi connectivity index (χ4n) is 2.32. The number of carbonyl (C=O) groups is 2. The molecule has 0 spiro atoms. The normalized spacial score (nSPS) is 10.3. The molecule has 0 unspecified atom stereocenters. The Morgan fingerprint density at radius 3 is 2.74 bits per heavy atom. The number of nitrogens with zero attached hydrogens (tertiary/aromatic N) is 2. The second-order valence-corrected chi connectivity index (χ2v) is 6.81. The van der Waals surface area contributed by atoms with Gasteiger partial charge in [-0.25, -0.2) is 0 Å². The van der Waals surface area contributed by atoms with Gasteiger partial charge in [-0.05, 0) is 36.9 Å². The number of carbonyl (C=O) groups excluding carboxylic acids is 2. The maximum atomic E-state index is 12.3. The highest BCUT2D eigenvalue weighted by Crippen LogP contribution is 2.27. The zero-order chi connectivity index (χ0) is 19.8. The second kappa shape index (κ2) is 9.67. The van der Waals surface area contributed by atoms with E-state index in [0.29, 0.717) is 13.1 Å². The first-order valence-corrected chi connectivity index (χ1v) is 9.23. The van der Waals surface area contributed by atoms with Gasteiger partial charge in [-0.3, -0.25) is 19.7 Å². The highest BCUT2D eigenvalue weighted by Gasteiger charge is 2.19. The van der Waals surface area contributed by atoms with Crippen LogP contribution in [-0.4, -0.2) is 41.3 Å². The van der Waals surface area contributed by atoms with Gasteiger partial charge in [-0.1, -0.05) is 12.1 Å². The Kier molecular flexibility index (Phi) is 7.30. The molecular weight excluding hydrogens is 370 g/mol. The summed E-state index contributed by atoms with van der Waals surface area (Å²) in [6, 6.07) is 8.26. The van der Waals surface area contributed by atoms with Crippen LogP contribution in [0.25, 0.3) is 0 Å². The molecule has 8 nitrogen and oxygen atoms in total. The third kappa shape index (κ3) is 6.07. The molecule has 27 heavy (non-hydrogen) atoms. The number of aryl methyl sites for hydroxylation is 1. The highest BCUT2D eigenvalue weighted by molar-refractivity contribution is 7.09. The van der Waals surface area contributed by atoms with E-state index in [0.717, 1.165) is 10.4 Å². The van der Waals surface area contributed by atoms with E-state index in [4.69, 9.17) is 4.74 Å². The van der Waals surface area contributed by atoms with Crippen molar-refractivity contribution in [2.75, 3.05) is 19.7 Å². The molecule has 0 fully saturated rings. The van der Waals surface area contributed by atoms with Gasteiger partial charge >= 0.3 is 5.69 Å². The largest absolute Gasteiger partial charge is 0.477 e. The lowest BCUT2D eigenvalue weighted by Crippen LogP contribution is -2.42. The lowest BCUT2D eigenvalue weighted by molar-refractivity contribution is -0.385. The van der Waals surface area contributed by atoms with Crippen LogP contribution in [0, 0.1) is 17.0 Å². The highest BCUT2D eigenvalue weighted by atomic mass is 32.1. The fourth-order valence-corrected chi connectivity index (χ4v) is 2.97. The third-order valence-electron chi connectivity index (χ3n) is 3.77. The summed E-state index contributed by atoms with van der Waals surface area (Å²) >= 11 is 1.54. The molecule has 0 aliphatic heterocycles. The smallest absolute Gasteiger partial charge is 0.310 e. The van der Waals surface area contributed by atoms with Gasteiger partial charge in [0.2, 0.25) is 5.91 Å². The molecule has 1 aromatic heterocycles. The average Bonchev–Trinajstić information content (AvgIpc) is 3.15. The van der Waals surface area contributed by atoms with Gasteiger partial charge in [0.25, 0.3) is 5.91 Å². The number of amides is 2. The van der Waals surface area contributed by atoms with E-state index in [-0.39, 0.29) is 30.5 Å². The number of hydrogen-bond acceptors (Lipinski definition) is 6. The summed E-state index contributed by atoms with van der Waals surface area (Å²) in [6.45, 7) is 3.78. The Bertz CT molecular complexity index is 807. The molecule has 2 rings (SSSR count). The monoisotopic (exact) mass is 391 g/mol. The zero-order valence-electron chi connectivity index (χ0n) is 15.1. The molecule has 2 aromatic rings. The minimum atomic E-state index is -0.561. The van der Waals surface area contributed by atoms with Crippen molar-refractivity contribution in [1.29, 1.82) is 0 Å². The zero-order valence-corrected chi connectivity index (χ0v) is 16.0. The topological polar surface area (TPSA) is 102 Å². The molecule has 2 amide bonds. The van der Waals surface area contributed by atoms with Crippen molar-refractivity contribution < 1.29 is 19.2 Å². The molecule has 0 aliphatic carbocycles. The molecular formula is C18H21N3O5S. The van der Waals surface area contributed by atoms with Gasteiger partial charge in [-0.2, -0.15) is 0 Å². The Hall–Kier alpha value is -2.94. The summed E-state index contributed by atoms with van der Waals surface area (Å²) in [6.07, 6.45) is 0. The van der Waals surface area contributed by atoms with Crippen molar-refractivity contribution in [3.8, 4) is 5.75 Å². The van der Waals surface area contributed by atoms with E-state index in [1.807, 2.05) is 17.5 Å². The maximum Gasteiger partial charge on any atom is 0.310 e. The molecule has 0 radical (unpaired) electrons. The number of hydrogen-bond donors (Lipinski definition) is 1. The molecule has 1 aromatic carbocycles. The summed E-state index contributed by atoms with van der Waals surface area (Å²) in [5, 5.41) is 15.7. The van der Waals surface area contributed by atoms with E-state index in [1.54, 1.807) is 19.9 Å². The van der Waals surface area contributed by atoms with Gasteiger partial charge in [0, 0.05) is 17.5 Å². The predicted octanol–water partition coefficient (Wildman–Crippen LogP) is 2.51. The first-order chi connectivity index (χ1) is 12.9. The van der Waals surface area contributed by atoms with Crippen molar-refractivity contribution in [2.45, 2.75) is 20.4 Å². The third-order valence-corrected chi connectivity index (χ3v) is 4.65. The summed E-state index contributed by atoms with van der Waals surface area (Å²) in [5.41, 5.74) is 0.577. The fraction of sp³-hybridized carbons (Fsp3) is 0.333. The summed E-state index contributed by atoms with van der Waals surface area (Å²) in [7, 11) is 0. The number of thiophene rings is 1. The average molecular weight is 391 g/mol. The van der Waals surface area contributed by atoms with Crippen LogP contribution in [0.2, 0.25) is 0 Å². The molecule has 1 N–H and O–H groups in total. The molecule has 1 heterocycles. The first kappa shape index (κ1) is 20.4. The van der Waals surface area contributed by atoms with Gasteiger partial charge in [-0.15, -0.1) is 11.3 Å². The minimum Gasteiger partial charge on any atom is -0.477 e. The van der Waals surface area contributed by atoms with Gasteiger partial charge in [0.05, 0.1) is 18.0 Å². The van der Waals surface area contributed by atoms with Crippen LogP contribution in [0.3, 0.4) is 0 Å². The van der Waals surface area contributed by atoms with Crippen molar-refractivity contribution in [3.05, 3.63) is 56.3 Å². The van der Waals surface area contributed by atoms with E-state index >= 15 is 0 Å². The molecule has 0 bridgehead atoms. The Morgan fingerprint density at radius 2 is 2.11 bits per heavy atom. The molecule has 9 heteroatoms. The maximum absolute atomic E-state index is 12.3. The molecule has 0 saturated heterocycles. The van der Waals surface area contributed by atoms with Crippen molar-refractivity contribution in [1.82, 2.24) is 10.2 Å². The van der Waals surface area contributed by atoms with E-state index in [2.05, 4.69) is 5.32 Å². The Balaban J connectivity index is 1.90. The predicted molar refractivity (Wildman–Crippen MR) is 102 cm³/mol. The summed E-state index contributed by atoms with van der Waals surface area (Å²) in [5.74, 6) is -0.661. The SMILES string of the molecule is CCN(CC(=O)NCc1cccs1)C(=O)COc1cc(C)ccc1[N+](=O)[O-]. The van der Waals surface area contributed by atoms with Crippen molar-refractivity contribution >= 4 is 28.8 Å². The van der Waals surface area contributed by atoms with Gasteiger partial charge < -0.3 is 15.0 Å². The van der Waals surface area contributed by atoms with Crippen LogP contribution < -0.4 is 10.1 Å². The van der Waals surface area contributed by atoms with Gasteiger partial charge in [0.1, 0.15) is 0 Å². The van der Waals surface area contributed by atoms with Crippen LogP contribution in [0.4, 0.5) is 5.69 Å². The minimum absolute atomic E-state index is 0.0338. The number of nitro benzene ring substituents is 1. The van der Waals surface area contributed by atoms with Crippen molar-refractivity contribution in [3.63, 3.8) is 0 Å². The Labute approximate surface area is 160 Å². The Morgan fingerprint density at radius 1 is 1.33 bits per heavy atom. The van der Waals surface area contributed by atoms with Crippen molar-refractivity contribution in [2.24, 2.45) is 0 Å². The standard InChI is InChI=1S/C18H21N3O5S/c1-3-20(11-17(22)19-10-14-5-4-8-27-14)18(23)12-26-16-9-13(2)6-7-15(16)21(24)25/h4-9H,3,10-12H2,1-2H3,(H,19,22). The number of nitrogens with one attached hydrogen (secondary N) is 1.